The maximum absolute atomic E-state index is 12.3. The van der Waals surface area contributed by atoms with Crippen LogP contribution in [0.15, 0.2) is 71.8 Å². The number of carbonyl (C=O) groups excluding carboxylic acids is 2. The quantitative estimate of drug-likeness (QED) is 0.531. The highest BCUT2D eigenvalue weighted by molar-refractivity contribution is 7.91. The minimum Gasteiger partial charge on any atom is -0.439 e. The lowest BCUT2D eigenvalue weighted by Gasteiger charge is -2.08. The molecule has 3 aromatic rings. The number of nitrogens with one attached hydrogen (secondary N) is 1. The summed E-state index contributed by atoms with van der Waals surface area (Å²) in [5.74, 6) is -0.764. The number of carbonyl (C=O) groups is 2. The average molecular weight is 460 g/mol. The molecule has 0 spiro atoms. The number of primary amides is 1. The Morgan fingerprint density at radius 3 is 2.45 bits per heavy atom. The summed E-state index contributed by atoms with van der Waals surface area (Å²) in [6, 6.07) is 15.2. The summed E-state index contributed by atoms with van der Waals surface area (Å²) < 4.78 is 30.2. The van der Waals surface area contributed by atoms with Crippen LogP contribution in [-0.4, -0.2) is 31.0 Å². The van der Waals surface area contributed by atoms with Crippen molar-refractivity contribution >= 4 is 38.9 Å². The molecule has 0 fully saturated rings. The third-order valence-electron chi connectivity index (χ3n) is 4.13. The molecule has 160 valence electrons. The fraction of sp³-hybridized carbons (Fsp3) is 0.0952. The van der Waals surface area contributed by atoms with Gasteiger partial charge < -0.3 is 15.8 Å². The Morgan fingerprint density at radius 1 is 1.06 bits per heavy atom. The van der Waals surface area contributed by atoms with Crippen LogP contribution in [0.3, 0.4) is 0 Å². The molecule has 1 heterocycles. The van der Waals surface area contributed by atoms with Gasteiger partial charge in [0.25, 0.3) is 0 Å². The predicted molar refractivity (Wildman–Crippen MR) is 116 cm³/mol. The van der Waals surface area contributed by atoms with Gasteiger partial charge in [-0.15, -0.1) is 0 Å². The van der Waals surface area contributed by atoms with Crippen molar-refractivity contribution in [3.63, 3.8) is 0 Å². The number of sulfone groups is 1. The summed E-state index contributed by atoms with van der Waals surface area (Å²) in [6.45, 7) is 0. The lowest BCUT2D eigenvalue weighted by molar-refractivity contribution is -0.115. The number of halogens is 1. The molecule has 10 heteroatoms. The molecule has 0 unspecified atom stereocenters. The molecule has 0 radical (unpaired) electrons. The van der Waals surface area contributed by atoms with E-state index in [1.165, 1.54) is 42.6 Å². The number of nitrogens with zero attached hydrogens (tertiary/aromatic N) is 1. The number of aromatic nitrogens is 1. The van der Waals surface area contributed by atoms with Gasteiger partial charge in [0, 0.05) is 23.1 Å². The van der Waals surface area contributed by atoms with E-state index in [2.05, 4.69) is 10.3 Å². The topological polar surface area (TPSA) is 128 Å². The molecule has 3 rings (SSSR count). The molecule has 31 heavy (non-hydrogen) atoms. The molecule has 0 aliphatic rings. The summed E-state index contributed by atoms with van der Waals surface area (Å²) in [6.07, 6.45) is 1.15. The zero-order valence-corrected chi connectivity index (χ0v) is 17.7. The van der Waals surface area contributed by atoms with Crippen LogP contribution < -0.4 is 15.8 Å². The van der Waals surface area contributed by atoms with E-state index in [9.17, 15) is 18.0 Å². The van der Waals surface area contributed by atoms with E-state index in [1.54, 1.807) is 24.3 Å². The zero-order chi connectivity index (χ0) is 22.4. The Labute approximate surface area is 183 Å². The van der Waals surface area contributed by atoms with Crippen LogP contribution in [0.2, 0.25) is 5.02 Å². The molecule has 0 aliphatic heterocycles. The van der Waals surface area contributed by atoms with Crippen molar-refractivity contribution in [3.8, 4) is 11.6 Å². The minimum atomic E-state index is -3.60. The van der Waals surface area contributed by atoms with Gasteiger partial charge in [-0.1, -0.05) is 17.7 Å². The predicted octanol–water partition coefficient (Wildman–Crippen LogP) is 3.43. The van der Waals surface area contributed by atoms with Gasteiger partial charge in [0.1, 0.15) is 5.75 Å². The van der Waals surface area contributed by atoms with E-state index >= 15 is 0 Å². The van der Waals surface area contributed by atoms with Crippen LogP contribution in [0.4, 0.5) is 5.69 Å². The highest BCUT2D eigenvalue weighted by atomic mass is 35.5. The Morgan fingerprint density at radius 2 is 1.81 bits per heavy atom. The molecule has 0 aliphatic carbocycles. The lowest BCUT2D eigenvalue weighted by atomic mass is 10.2. The van der Waals surface area contributed by atoms with Crippen LogP contribution in [0.25, 0.3) is 0 Å². The van der Waals surface area contributed by atoms with Crippen LogP contribution in [-0.2, 0) is 14.6 Å². The largest absolute Gasteiger partial charge is 0.439 e. The second-order valence-electron chi connectivity index (χ2n) is 6.45. The maximum Gasteiger partial charge on any atom is 0.248 e. The molecule has 2 aromatic carbocycles. The summed E-state index contributed by atoms with van der Waals surface area (Å²) in [5, 5.41) is 3.01. The summed E-state index contributed by atoms with van der Waals surface area (Å²) in [7, 11) is -3.60. The summed E-state index contributed by atoms with van der Waals surface area (Å²) in [4.78, 5) is 27.5. The molecule has 0 atom stereocenters. The number of rotatable bonds is 8. The van der Waals surface area contributed by atoms with Gasteiger partial charge in [-0.25, -0.2) is 13.4 Å². The van der Waals surface area contributed by atoms with E-state index in [-0.39, 0.29) is 22.9 Å². The molecule has 2 amide bonds. The van der Waals surface area contributed by atoms with Gasteiger partial charge in [0.2, 0.25) is 17.7 Å². The third kappa shape index (κ3) is 6.27. The standard InChI is InChI=1S/C21H18ClN3O5S/c22-15-4-7-18(8-5-15)31(28,29)11-10-19(26)25-16-6-9-20(24-13-16)30-17-3-1-2-14(12-17)21(23)27/h1-9,12-13H,10-11H2,(H2,23,27)(H,25,26). The lowest BCUT2D eigenvalue weighted by Crippen LogP contribution is -2.17. The van der Waals surface area contributed by atoms with E-state index in [0.717, 1.165) is 0 Å². The van der Waals surface area contributed by atoms with Crippen molar-refractivity contribution in [3.05, 3.63) is 77.4 Å². The minimum absolute atomic E-state index is 0.105. The highest BCUT2D eigenvalue weighted by Crippen LogP contribution is 2.22. The van der Waals surface area contributed by atoms with Crippen molar-refractivity contribution < 1.29 is 22.7 Å². The number of nitrogens with two attached hydrogens (primary N) is 1. The highest BCUT2D eigenvalue weighted by Gasteiger charge is 2.16. The van der Waals surface area contributed by atoms with Gasteiger partial charge in [-0.2, -0.15) is 0 Å². The molecule has 3 N–H and O–H groups in total. The SMILES string of the molecule is NC(=O)c1cccc(Oc2ccc(NC(=O)CCS(=O)(=O)c3ccc(Cl)cc3)cn2)c1. The van der Waals surface area contributed by atoms with Crippen molar-refractivity contribution in [1.29, 1.82) is 0 Å². The first-order valence-corrected chi connectivity index (χ1v) is 11.1. The zero-order valence-electron chi connectivity index (χ0n) is 16.1. The Hall–Kier alpha value is -3.43. The first-order chi connectivity index (χ1) is 14.7. The second-order valence-corrected chi connectivity index (χ2v) is 9.00. The second kappa shape index (κ2) is 9.59. The fourth-order valence-corrected chi connectivity index (χ4v) is 3.93. The van der Waals surface area contributed by atoms with E-state index in [4.69, 9.17) is 22.1 Å². The van der Waals surface area contributed by atoms with Gasteiger partial charge in [0.15, 0.2) is 9.84 Å². The molecule has 8 nitrogen and oxygen atoms in total. The third-order valence-corrected chi connectivity index (χ3v) is 6.12. The molecule has 0 saturated carbocycles. The van der Waals surface area contributed by atoms with Gasteiger partial charge in [-0.3, -0.25) is 9.59 Å². The number of hydrogen-bond acceptors (Lipinski definition) is 6. The molecular weight excluding hydrogens is 442 g/mol. The maximum atomic E-state index is 12.3. The Kier molecular flexibility index (Phi) is 6.88. The Bertz CT molecular complexity index is 1200. The van der Waals surface area contributed by atoms with E-state index < -0.39 is 21.7 Å². The number of anilines is 1. The average Bonchev–Trinajstić information content (AvgIpc) is 2.74. The van der Waals surface area contributed by atoms with Crippen LogP contribution in [0.1, 0.15) is 16.8 Å². The smallest absolute Gasteiger partial charge is 0.248 e. The van der Waals surface area contributed by atoms with Crippen LogP contribution in [0.5, 0.6) is 11.6 Å². The summed E-state index contributed by atoms with van der Waals surface area (Å²) >= 11 is 5.76. The van der Waals surface area contributed by atoms with Crippen molar-refractivity contribution in [2.24, 2.45) is 5.73 Å². The van der Waals surface area contributed by atoms with Gasteiger partial charge in [0.05, 0.1) is 22.5 Å². The first kappa shape index (κ1) is 22.3. The van der Waals surface area contributed by atoms with Crippen molar-refractivity contribution in [1.82, 2.24) is 4.98 Å². The molecule has 0 bridgehead atoms. The Balaban J connectivity index is 1.55. The number of amides is 2. The van der Waals surface area contributed by atoms with Crippen molar-refractivity contribution in [2.45, 2.75) is 11.3 Å². The number of pyridine rings is 1. The van der Waals surface area contributed by atoms with Gasteiger partial charge in [-0.05, 0) is 48.5 Å². The molecule has 1 aromatic heterocycles. The van der Waals surface area contributed by atoms with Crippen LogP contribution in [0, 0.1) is 0 Å². The number of benzene rings is 2. The first-order valence-electron chi connectivity index (χ1n) is 9.05. The van der Waals surface area contributed by atoms with Crippen LogP contribution >= 0.6 is 11.6 Å². The monoisotopic (exact) mass is 459 g/mol. The normalized spacial score (nSPS) is 11.0. The number of hydrogen-bond donors (Lipinski definition) is 2. The van der Waals surface area contributed by atoms with Crippen molar-refractivity contribution in [2.75, 3.05) is 11.1 Å². The van der Waals surface area contributed by atoms with E-state index in [1.807, 2.05) is 0 Å². The van der Waals surface area contributed by atoms with Gasteiger partial charge >= 0.3 is 0 Å². The summed E-state index contributed by atoms with van der Waals surface area (Å²) in [5.41, 5.74) is 5.92. The van der Waals surface area contributed by atoms with E-state index in [0.29, 0.717) is 22.0 Å². The molecule has 0 saturated heterocycles. The number of ether oxygens (including phenoxy) is 1. The fourth-order valence-electron chi connectivity index (χ4n) is 2.56. The molecular formula is C21H18ClN3O5S.